The molecule has 1 unspecified atom stereocenters. The van der Waals surface area contributed by atoms with E-state index < -0.39 is 40.9 Å². The van der Waals surface area contributed by atoms with E-state index >= 15 is 0 Å². The summed E-state index contributed by atoms with van der Waals surface area (Å²) in [6.07, 6.45) is -7.62. The molecule has 2 aromatic rings. The number of nitrogens with zero attached hydrogens (tertiary/aromatic N) is 3. The Labute approximate surface area is 142 Å². The molecule has 0 radical (unpaired) electrons. The zero-order valence-corrected chi connectivity index (χ0v) is 12.7. The van der Waals surface area contributed by atoms with Gasteiger partial charge in [-0.1, -0.05) is 6.07 Å². The smallest absolute Gasteiger partial charge is 0.271 e. The van der Waals surface area contributed by atoms with E-state index in [2.05, 4.69) is 10.1 Å². The van der Waals surface area contributed by atoms with Crippen LogP contribution in [0.4, 0.5) is 32.2 Å². The van der Waals surface area contributed by atoms with Crippen molar-refractivity contribution in [1.29, 1.82) is 0 Å². The van der Waals surface area contributed by atoms with Crippen molar-refractivity contribution in [2.45, 2.75) is 18.3 Å². The molecule has 1 aliphatic rings. The van der Waals surface area contributed by atoms with Crippen LogP contribution in [0.15, 0.2) is 47.7 Å². The fourth-order valence-corrected chi connectivity index (χ4v) is 2.42. The van der Waals surface area contributed by atoms with Crippen molar-refractivity contribution in [1.82, 2.24) is 4.98 Å². The number of alkyl halides is 6. The molecule has 1 amide bonds. The number of anilines is 1. The highest BCUT2D eigenvalue weighted by molar-refractivity contribution is 6.11. The second kappa shape index (κ2) is 6.11. The first-order chi connectivity index (χ1) is 12.1. The maximum absolute atomic E-state index is 13.0. The Balaban J connectivity index is 2.02. The van der Waals surface area contributed by atoms with Gasteiger partial charge in [0.25, 0.3) is 5.91 Å². The molecule has 26 heavy (non-hydrogen) atoms. The maximum Gasteiger partial charge on any atom is 0.416 e. The third kappa shape index (κ3) is 3.39. The molecule has 0 fully saturated rings. The monoisotopic (exact) mass is 373 g/mol. The van der Waals surface area contributed by atoms with Gasteiger partial charge in [0.2, 0.25) is 0 Å². The minimum atomic E-state index is -4.99. The summed E-state index contributed by atoms with van der Waals surface area (Å²) in [4.78, 5) is 16.3. The lowest BCUT2D eigenvalue weighted by molar-refractivity contribution is -0.143. The maximum atomic E-state index is 13.0. The highest BCUT2D eigenvalue weighted by Gasteiger charge is 2.39. The molecule has 0 N–H and O–H groups in total. The number of benzene rings is 1. The Kier molecular flexibility index (Phi) is 4.21. The quantitative estimate of drug-likeness (QED) is 0.740. The van der Waals surface area contributed by atoms with Crippen molar-refractivity contribution in [3.8, 4) is 0 Å². The van der Waals surface area contributed by atoms with E-state index in [0.717, 1.165) is 11.2 Å². The number of hydrogen-bond donors (Lipinski definition) is 0. The Hall–Kier alpha value is -2.91. The first-order valence-corrected chi connectivity index (χ1v) is 7.16. The topological polar surface area (TPSA) is 45.6 Å². The summed E-state index contributed by atoms with van der Waals surface area (Å²) in [5.74, 6) is -2.06. The zero-order chi connectivity index (χ0) is 19.1. The summed E-state index contributed by atoms with van der Waals surface area (Å²) >= 11 is 0. The number of hydrogen-bond acceptors (Lipinski definition) is 3. The number of amides is 1. The molecule has 0 aliphatic carbocycles. The molecule has 0 bridgehead atoms. The average molecular weight is 373 g/mol. The third-order valence-electron chi connectivity index (χ3n) is 3.64. The van der Waals surface area contributed by atoms with E-state index in [-0.39, 0.29) is 11.9 Å². The van der Waals surface area contributed by atoms with E-state index in [4.69, 9.17) is 0 Å². The summed E-state index contributed by atoms with van der Waals surface area (Å²) in [5.41, 5.74) is -3.42. The molecule has 136 valence electrons. The first-order valence-electron chi connectivity index (χ1n) is 7.16. The number of halogens is 6. The molecular formula is C16H9F6N3O. The van der Waals surface area contributed by atoms with Gasteiger partial charge >= 0.3 is 12.4 Å². The van der Waals surface area contributed by atoms with E-state index in [1.807, 2.05) is 0 Å². The minimum Gasteiger partial charge on any atom is -0.271 e. The van der Waals surface area contributed by atoms with Crippen LogP contribution in [0, 0.1) is 0 Å². The van der Waals surface area contributed by atoms with Crippen LogP contribution in [0.2, 0.25) is 0 Å². The largest absolute Gasteiger partial charge is 0.416 e. The number of carbonyl (C=O) groups is 1. The van der Waals surface area contributed by atoms with Crippen molar-refractivity contribution in [2.24, 2.45) is 5.10 Å². The summed E-state index contributed by atoms with van der Waals surface area (Å²) in [5, 5.41) is 4.59. The van der Waals surface area contributed by atoms with Gasteiger partial charge < -0.3 is 0 Å². The number of pyridine rings is 1. The van der Waals surface area contributed by atoms with E-state index in [9.17, 15) is 31.1 Å². The van der Waals surface area contributed by atoms with Crippen molar-refractivity contribution in [2.75, 3.05) is 5.01 Å². The molecule has 4 nitrogen and oxygen atoms in total. The molecule has 10 heteroatoms. The van der Waals surface area contributed by atoms with Gasteiger partial charge in [-0.15, -0.1) is 0 Å². The lowest BCUT2D eigenvalue weighted by Gasteiger charge is -2.17. The summed E-state index contributed by atoms with van der Waals surface area (Å²) < 4.78 is 77.7. The van der Waals surface area contributed by atoms with Crippen LogP contribution < -0.4 is 5.01 Å². The minimum absolute atomic E-state index is 0.0105. The predicted octanol–water partition coefficient (Wildman–Crippen LogP) is 4.24. The van der Waals surface area contributed by atoms with Crippen LogP contribution >= 0.6 is 0 Å². The van der Waals surface area contributed by atoms with Gasteiger partial charge in [-0.3, -0.25) is 4.79 Å². The average Bonchev–Trinajstić information content (AvgIpc) is 2.95. The molecule has 0 spiro atoms. The Morgan fingerprint density at radius 1 is 0.923 bits per heavy atom. The molecule has 1 aliphatic heterocycles. The van der Waals surface area contributed by atoms with Gasteiger partial charge in [-0.25, -0.2) is 4.98 Å². The molecule has 1 aromatic heterocycles. The highest BCUT2D eigenvalue weighted by Crippen LogP contribution is 2.38. The van der Waals surface area contributed by atoms with Crippen LogP contribution in [0.25, 0.3) is 0 Å². The number of aromatic nitrogens is 1. The third-order valence-corrected chi connectivity index (χ3v) is 3.64. The lowest BCUT2D eigenvalue weighted by Crippen LogP contribution is -2.26. The lowest BCUT2D eigenvalue weighted by atomic mass is 9.95. The summed E-state index contributed by atoms with van der Waals surface area (Å²) in [6.45, 7) is 0. The van der Waals surface area contributed by atoms with Crippen LogP contribution in [0.3, 0.4) is 0 Å². The SMILES string of the molecule is O=C1C(c2cc(C(F)(F)F)cc(C(F)(F)F)c2)C=NN1c1ccccn1. The van der Waals surface area contributed by atoms with Gasteiger partial charge in [0, 0.05) is 12.4 Å². The van der Waals surface area contributed by atoms with E-state index in [0.29, 0.717) is 12.1 Å². The van der Waals surface area contributed by atoms with E-state index in [1.54, 1.807) is 12.1 Å². The van der Waals surface area contributed by atoms with Crippen LogP contribution in [0.5, 0.6) is 0 Å². The standard InChI is InChI=1S/C16H9F6N3O/c17-15(18,19)10-5-9(6-11(7-10)16(20,21)22)12-8-24-25(14(12)26)13-3-1-2-4-23-13/h1-8,12H. The molecule has 3 rings (SSSR count). The molecule has 0 saturated carbocycles. The molecule has 2 heterocycles. The van der Waals surface area contributed by atoms with Crippen molar-refractivity contribution >= 4 is 17.9 Å². The van der Waals surface area contributed by atoms with Gasteiger partial charge in [0.1, 0.15) is 5.92 Å². The molecular weight excluding hydrogens is 364 g/mol. The van der Waals surface area contributed by atoms with Gasteiger partial charge in [-0.2, -0.15) is 36.5 Å². The highest BCUT2D eigenvalue weighted by atomic mass is 19.4. The molecule has 0 saturated heterocycles. The van der Waals surface area contributed by atoms with Crippen LogP contribution in [0.1, 0.15) is 22.6 Å². The summed E-state index contributed by atoms with van der Waals surface area (Å²) in [6, 6.07) is 5.62. The van der Waals surface area contributed by atoms with Crippen molar-refractivity contribution in [3.63, 3.8) is 0 Å². The second-order valence-corrected chi connectivity index (χ2v) is 5.42. The van der Waals surface area contributed by atoms with Crippen molar-refractivity contribution < 1.29 is 31.1 Å². The van der Waals surface area contributed by atoms with Gasteiger partial charge in [0.15, 0.2) is 5.82 Å². The van der Waals surface area contributed by atoms with Crippen LogP contribution in [-0.4, -0.2) is 17.1 Å². The van der Waals surface area contributed by atoms with Gasteiger partial charge in [0.05, 0.1) is 11.1 Å². The number of hydrazone groups is 1. The van der Waals surface area contributed by atoms with Crippen molar-refractivity contribution in [3.05, 3.63) is 59.3 Å². The predicted molar refractivity (Wildman–Crippen MR) is 79.4 cm³/mol. The Bertz CT molecular complexity index is 828. The number of carbonyl (C=O) groups excluding carboxylic acids is 1. The zero-order valence-electron chi connectivity index (χ0n) is 12.7. The van der Waals surface area contributed by atoms with Gasteiger partial charge in [-0.05, 0) is 35.9 Å². The molecule has 1 atom stereocenters. The van der Waals surface area contributed by atoms with E-state index in [1.165, 1.54) is 12.3 Å². The fraction of sp³-hybridized carbons (Fsp3) is 0.188. The first kappa shape index (κ1) is 17.9. The normalized spacial score (nSPS) is 17.8. The van der Waals surface area contributed by atoms with Crippen LogP contribution in [-0.2, 0) is 17.1 Å². The summed E-state index contributed by atoms with van der Waals surface area (Å²) in [7, 11) is 0. The fourth-order valence-electron chi connectivity index (χ4n) is 2.42. The second-order valence-electron chi connectivity index (χ2n) is 5.42. The number of rotatable bonds is 2. The Morgan fingerprint density at radius 2 is 1.54 bits per heavy atom. The Morgan fingerprint density at radius 3 is 2.04 bits per heavy atom. The molecule has 1 aromatic carbocycles.